The summed E-state index contributed by atoms with van der Waals surface area (Å²) in [4.78, 5) is 12.0. The van der Waals surface area contributed by atoms with Crippen LogP contribution in [0, 0.1) is 5.41 Å². The predicted molar refractivity (Wildman–Crippen MR) is 89.3 cm³/mol. The number of anilines is 1. The fourth-order valence-corrected chi connectivity index (χ4v) is 2.33. The lowest BCUT2D eigenvalue weighted by Gasteiger charge is -2.22. The first-order valence-electron chi connectivity index (χ1n) is 6.88. The van der Waals surface area contributed by atoms with Crippen molar-refractivity contribution in [2.75, 3.05) is 17.1 Å². The van der Waals surface area contributed by atoms with E-state index in [4.69, 9.17) is 0 Å². The van der Waals surface area contributed by atoms with Crippen LogP contribution in [0.1, 0.15) is 27.7 Å². The van der Waals surface area contributed by atoms with Crippen LogP contribution in [0.3, 0.4) is 0 Å². The minimum absolute atomic E-state index is 0.163. The number of sulfonamides is 1. The molecule has 0 aromatic heterocycles. The highest BCUT2D eigenvalue weighted by Gasteiger charge is 2.21. The first-order chi connectivity index (χ1) is 10.0. The van der Waals surface area contributed by atoms with Gasteiger partial charge in [-0.25, -0.2) is 13.8 Å². The Morgan fingerprint density at radius 1 is 1.23 bits per heavy atom. The van der Waals surface area contributed by atoms with Crippen molar-refractivity contribution in [2.24, 2.45) is 10.5 Å². The Hall–Kier alpha value is -1.89. The predicted octanol–water partition coefficient (Wildman–Crippen LogP) is 1.99. The largest absolute Gasteiger partial charge is 0.271 e. The maximum Gasteiger partial charge on any atom is 0.260 e. The molecule has 122 valence electrons. The lowest BCUT2D eigenvalue weighted by atomic mass is 9.91. The summed E-state index contributed by atoms with van der Waals surface area (Å²) in [6.07, 6.45) is 1.07. The summed E-state index contributed by atoms with van der Waals surface area (Å²) < 4.78 is 24.8. The number of rotatable bonds is 5. The number of carbonyl (C=O) groups is 1. The molecule has 0 spiro atoms. The lowest BCUT2D eigenvalue weighted by molar-refractivity contribution is -0.119. The third-order valence-corrected chi connectivity index (χ3v) is 4.31. The van der Waals surface area contributed by atoms with Gasteiger partial charge in [-0.05, 0) is 19.1 Å². The van der Waals surface area contributed by atoms with Crippen molar-refractivity contribution < 1.29 is 13.2 Å². The number of amides is 1. The minimum atomic E-state index is -3.56. The SMILES string of the molecule is C/C(=N/NC(=O)CN(c1ccccc1)S(C)(=O)=O)C(C)(C)C. The van der Waals surface area contributed by atoms with Crippen LogP contribution in [0.15, 0.2) is 35.4 Å². The molecule has 0 fully saturated rings. The zero-order chi connectivity index (χ0) is 17.0. The van der Waals surface area contributed by atoms with Gasteiger partial charge in [0.25, 0.3) is 5.91 Å². The van der Waals surface area contributed by atoms with Crippen molar-refractivity contribution in [1.29, 1.82) is 0 Å². The van der Waals surface area contributed by atoms with E-state index in [-0.39, 0.29) is 12.0 Å². The zero-order valence-corrected chi connectivity index (χ0v) is 14.4. The molecule has 7 heteroatoms. The first kappa shape index (κ1) is 18.2. The third kappa shape index (κ3) is 5.48. The summed E-state index contributed by atoms with van der Waals surface area (Å²) >= 11 is 0. The summed E-state index contributed by atoms with van der Waals surface area (Å²) in [6.45, 7) is 7.43. The quantitative estimate of drug-likeness (QED) is 0.664. The topological polar surface area (TPSA) is 78.8 Å². The standard InChI is InChI=1S/C15H23N3O3S/c1-12(15(2,3)4)16-17-14(19)11-18(22(5,20)21)13-9-7-6-8-10-13/h6-10H,11H2,1-5H3,(H,17,19)/b16-12-. The monoisotopic (exact) mass is 325 g/mol. The molecule has 1 aromatic rings. The van der Waals surface area contributed by atoms with Gasteiger partial charge in [-0.1, -0.05) is 39.0 Å². The van der Waals surface area contributed by atoms with Crippen LogP contribution < -0.4 is 9.73 Å². The average molecular weight is 325 g/mol. The second kappa shape index (κ2) is 6.91. The Labute approximate surface area is 132 Å². The van der Waals surface area contributed by atoms with Crippen molar-refractivity contribution in [1.82, 2.24) is 5.43 Å². The summed E-state index contributed by atoms with van der Waals surface area (Å²) in [5.74, 6) is -0.488. The highest BCUT2D eigenvalue weighted by Crippen LogP contribution is 2.17. The Morgan fingerprint density at radius 3 is 2.23 bits per heavy atom. The molecule has 0 aliphatic rings. The Bertz CT molecular complexity index is 646. The van der Waals surface area contributed by atoms with Crippen LogP contribution >= 0.6 is 0 Å². The molecule has 22 heavy (non-hydrogen) atoms. The zero-order valence-electron chi connectivity index (χ0n) is 13.6. The van der Waals surface area contributed by atoms with Gasteiger partial charge in [0, 0.05) is 11.1 Å². The smallest absolute Gasteiger partial charge is 0.260 e. The molecular formula is C15H23N3O3S. The summed E-state index contributed by atoms with van der Waals surface area (Å²) in [6, 6.07) is 8.48. The molecule has 1 aromatic carbocycles. The van der Waals surface area contributed by atoms with Crippen molar-refractivity contribution in [3.05, 3.63) is 30.3 Å². The van der Waals surface area contributed by atoms with E-state index in [2.05, 4.69) is 10.5 Å². The molecule has 1 N–H and O–H groups in total. The van der Waals surface area contributed by atoms with Crippen molar-refractivity contribution in [3.8, 4) is 0 Å². The molecule has 0 radical (unpaired) electrons. The number of nitrogens with one attached hydrogen (secondary N) is 1. The molecule has 0 unspecified atom stereocenters. The van der Waals surface area contributed by atoms with Gasteiger partial charge < -0.3 is 0 Å². The van der Waals surface area contributed by atoms with E-state index in [1.807, 2.05) is 27.7 Å². The number of hydrazone groups is 1. The van der Waals surface area contributed by atoms with Gasteiger partial charge in [0.1, 0.15) is 6.54 Å². The van der Waals surface area contributed by atoms with Crippen molar-refractivity contribution in [2.45, 2.75) is 27.7 Å². The Balaban J connectivity index is 2.87. The highest BCUT2D eigenvalue weighted by molar-refractivity contribution is 7.92. The molecule has 0 saturated carbocycles. The van der Waals surface area contributed by atoms with Gasteiger partial charge in [-0.3, -0.25) is 9.10 Å². The van der Waals surface area contributed by atoms with Crippen LogP contribution in [0.2, 0.25) is 0 Å². The molecule has 1 rings (SSSR count). The van der Waals surface area contributed by atoms with Gasteiger partial charge in [0.05, 0.1) is 11.9 Å². The Morgan fingerprint density at radius 2 is 1.77 bits per heavy atom. The van der Waals surface area contributed by atoms with E-state index in [1.165, 1.54) is 0 Å². The maximum absolute atomic E-state index is 12.0. The molecule has 6 nitrogen and oxygen atoms in total. The van der Waals surface area contributed by atoms with Crippen LogP contribution in [0.25, 0.3) is 0 Å². The van der Waals surface area contributed by atoms with Crippen LogP contribution in [0.4, 0.5) is 5.69 Å². The number of hydrogen-bond acceptors (Lipinski definition) is 4. The molecule has 0 aliphatic heterocycles. The van der Waals surface area contributed by atoms with E-state index in [1.54, 1.807) is 30.3 Å². The number of para-hydroxylation sites is 1. The second-order valence-electron chi connectivity index (χ2n) is 6.09. The fraction of sp³-hybridized carbons (Fsp3) is 0.467. The summed E-state index contributed by atoms with van der Waals surface area (Å²) in [5, 5.41) is 4.02. The molecule has 0 atom stereocenters. The van der Waals surface area contributed by atoms with Crippen molar-refractivity contribution in [3.63, 3.8) is 0 Å². The lowest BCUT2D eigenvalue weighted by Crippen LogP contribution is -2.39. The first-order valence-corrected chi connectivity index (χ1v) is 8.73. The second-order valence-corrected chi connectivity index (χ2v) is 7.99. The van der Waals surface area contributed by atoms with E-state index in [0.29, 0.717) is 5.69 Å². The molecule has 1 amide bonds. The van der Waals surface area contributed by atoms with Gasteiger partial charge in [0.15, 0.2) is 0 Å². The van der Waals surface area contributed by atoms with Gasteiger partial charge in [0.2, 0.25) is 10.0 Å². The van der Waals surface area contributed by atoms with E-state index in [9.17, 15) is 13.2 Å². The minimum Gasteiger partial charge on any atom is -0.271 e. The fourth-order valence-electron chi connectivity index (χ4n) is 1.47. The Kier molecular flexibility index (Phi) is 5.71. The number of nitrogens with zero attached hydrogens (tertiary/aromatic N) is 2. The van der Waals surface area contributed by atoms with Crippen LogP contribution in [-0.4, -0.2) is 32.8 Å². The van der Waals surface area contributed by atoms with E-state index < -0.39 is 15.9 Å². The highest BCUT2D eigenvalue weighted by atomic mass is 32.2. The normalized spacial score (nSPS) is 12.9. The molecular weight excluding hydrogens is 302 g/mol. The van der Waals surface area contributed by atoms with Crippen molar-refractivity contribution >= 4 is 27.3 Å². The van der Waals surface area contributed by atoms with E-state index in [0.717, 1.165) is 16.3 Å². The third-order valence-electron chi connectivity index (χ3n) is 3.17. The van der Waals surface area contributed by atoms with Crippen LogP contribution in [-0.2, 0) is 14.8 Å². The summed E-state index contributed by atoms with van der Waals surface area (Å²) in [5.41, 5.74) is 3.44. The van der Waals surface area contributed by atoms with Gasteiger partial charge in [-0.15, -0.1) is 0 Å². The van der Waals surface area contributed by atoms with E-state index >= 15 is 0 Å². The van der Waals surface area contributed by atoms with Crippen LogP contribution in [0.5, 0.6) is 0 Å². The number of benzene rings is 1. The maximum atomic E-state index is 12.0. The average Bonchev–Trinajstić information content (AvgIpc) is 2.40. The van der Waals surface area contributed by atoms with Gasteiger partial charge in [-0.2, -0.15) is 5.10 Å². The summed E-state index contributed by atoms with van der Waals surface area (Å²) in [7, 11) is -3.56. The van der Waals surface area contributed by atoms with Gasteiger partial charge >= 0.3 is 0 Å². The molecule has 0 heterocycles. The number of carbonyl (C=O) groups excluding carboxylic acids is 1. The number of hydrogen-bond donors (Lipinski definition) is 1. The molecule has 0 aliphatic carbocycles. The molecule has 0 saturated heterocycles. The molecule has 0 bridgehead atoms.